The molecule has 0 aliphatic heterocycles. The van der Waals surface area contributed by atoms with Gasteiger partial charge in [0.05, 0.1) is 22.7 Å². The molecule has 0 radical (unpaired) electrons. The van der Waals surface area contributed by atoms with Gasteiger partial charge in [-0.15, -0.1) is 0 Å². The number of aromatic nitrogens is 3. The van der Waals surface area contributed by atoms with Gasteiger partial charge in [0.2, 0.25) is 0 Å². The second kappa shape index (κ2) is 8.30. The number of carbonyl (C=O) groups excluding carboxylic acids is 1. The van der Waals surface area contributed by atoms with E-state index >= 15 is 0 Å². The molecule has 0 aliphatic carbocycles. The molecule has 0 saturated carbocycles. The van der Waals surface area contributed by atoms with Crippen LogP contribution in [0.25, 0.3) is 10.9 Å². The predicted molar refractivity (Wildman–Crippen MR) is 131 cm³/mol. The van der Waals surface area contributed by atoms with Gasteiger partial charge in [-0.05, 0) is 48.7 Å². The molecule has 0 bridgehead atoms. The van der Waals surface area contributed by atoms with E-state index in [1.54, 1.807) is 23.0 Å². The van der Waals surface area contributed by atoms with E-state index in [1.807, 2.05) is 65.0 Å². The van der Waals surface area contributed by atoms with E-state index in [0.717, 1.165) is 27.8 Å². The van der Waals surface area contributed by atoms with Crippen LogP contribution in [0.15, 0.2) is 59.6 Å². The second-order valence-electron chi connectivity index (χ2n) is 9.57. The van der Waals surface area contributed by atoms with E-state index in [0.29, 0.717) is 17.8 Å². The molecule has 33 heavy (non-hydrogen) atoms. The fourth-order valence-corrected chi connectivity index (χ4v) is 5.44. The number of nitrogens with one attached hydrogen (secondary N) is 1. The van der Waals surface area contributed by atoms with Crippen LogP contribution in [0.3, 0.4) is 0 Å². The number of rotatable bonds is 6. The zero-order valence-corrected chi connectivity index (χ0v) is 20.5. The Hall–Kier alpha value is -3.19. The normalized spacial score (nSPS) is 12.4. The molecule has 6 nitrogen and oxygen atoms in total. The molecule has 0 amide bonds. The van der Waals surface area contributed by atoms with E-state index in [1.165, 1.54) is 6.07 Å². The van der Waals surface area contributed by atoms with Crippen molar-refractivity contribution in [1.29, 1.82) is 0 Å². The van der Waals surface area contributed by atoms with Crippen LogP contribution in [0.4, 0.5) is 0 Å². The number of aromatic amines is 1. The fourth-order valence-electron chi connectivity index (χ4n) is 4.02. The van der Waals surface area contributed by atoms with Crippen molar-refractivity contribution in [3.8, 4) is 0 Å². The Kier molecular flexibility index (Phi) is 5.78. The summed E-state index contributed by atoms with van der Waals surface area (Å²) >= 11 is 0. The van der Waals surface area contributed by atoms with E-state index < -0.39 is 21.4 Å². The number of para-hydroxylation sites is 1. The summed E-state index contributed by atoms with van der Waals surface area (Å²) in [4.78, 5) is 16.5. The van der Waals surface area contributed by atoms with Crippen LogP contribution >= 0.6 is 0 Å². The standard InChI is InChI=1S/C26H29N3O3S/c1-17-8-6-9-18(2)20(17)15-29-21(14-24(28-29)26(3,4)5)22(30)16-33(31,32)23-11-7-10-19-12-13-27-25(19)23/h6-14,27H,15-16H2,1-5H3. The van der Waals surface area contributed by atoms with Crippen LogP contribution in [0.2, 0.25) is 0 Å². The predicted octanol–water partition coefficient (Wildman–Crippen LogP) is 4.98. The Bertz CT molecular complexity index is 1430. The summed E-state index contributed by atoms with van der Waals surface area (Å²) in [6, 6.07) is 14.7. The lowest BCUT2D eigenvalue weighted by Crippen LogP contribution is -2.21. The number of hydrogen-bond acceptors (Lipinski definition) is 4. The van der Waals surface area contributed by atoms with Gasteiger partial charge in [-0.2, -0.15) is 5.10 Å². The molecule has 0 aliphatic rings. The lowest BCUT2D eigenvalue weighted by molar-refractivity contribution is 0.101. The molecule has 2 heterocycles. The molecule has 7 heteroatoms. The quantitative estimate of drug-likeness (QED) is 0.409. The molecule has 0 fully saturated rings. The van der Waals surface area contributed by atoms with Crippen LogP contribution in [0, 0.1) is 13.8 Å². The minimum absolute atomic E-state index is 0.134. The lowest BCUT2D eigenvalue weighted by Gasteiger charge is -2.15. The minimum atomic E-state index is -3.86. The van der Waals surface area contributed by atoms with Crippen LogP contribution < -0.4 is 0 Å². The highest BCUT2D eigenvalue weighted by Crippen LogP contribution is 2.26. The third-order valence-corrected chi connectivity index (χ3v) is 7.64. The maximum absolute atomic E-state index is 13.4. The Morgan fingerprint density at radius 3 is 2.36 bits per heavy atom. The van der Waals surface area contributed by atoms with Crippen LogP contribution in [-0.4, -0.2) is 34.7 Å². The first-order chi connectivity index (χ1) is 15.5. The number of carbonyl (C=O) groups is 1. The minimum Gasteiger partial charge on any atom is -0.360 e. The largest absolute Gasteiger partial charge is 0.360 e. The molecule has 172 valence electrons. The van der Waals surface area contributed by atoms with Gasteiger partial charge in [-0.3, -0.25) is 9.48 Å². The Balaban J connectivity index is 1.74. The van der Waals surface area contributed by atoms with Crippen molar-refractivity contribution in [2.75, 3.05) is 5.75 Å². The van der Waals surface area contributed by atoms with E-state index in [2.05, 4.69) is 4.98 Å². The highest BCUT2D eigenvalue weighted by atomic mass is 32.2. The van der Waals surface area contributed by atoms with Crippen molar-refractivity contribution in [1.82, 2.24) is 14.8 Å². The third kappa shape index (κ3) is 4.50. The zero-order chi connectivity index (χ0) is 24.0. The number of fused-ring (bicyclic) bond motifs is 1. The zero-order valence-electron chi connectivity index (χ0n) is 19.6. The van der Waals surface area contributed by atoms with Gasteiger partial charge in [0, 0.05) is 17.0 Å². The maximum Gasteiger partial charge on any atom is 0.196 e. The van der Waals surface area contributed by atoms with Crippen LogP contribution in [0.5, 0.6) is 0 Å². The van der Waals surface area contributed by atoms with Gasteiger partial charge in [-0.1, -0.05) is 51.1 Å². The number of aryl methyl sites for hydroxylation is 2. The number of H-pyrrole nitrogens is 1. The monoisotopic (exact) mass is 463 g/mol. The van der Waals surface area contributed by atoms with Crippen molar-refractivity contribution < 1.29 is 13.2 Å². The van der Waals surface area contributed by atoms with Crippen molar-refractivity contribution in [3.05, 3.63) is 82.8 Å². The average molecular weight is 464 g/mol. The maximum atomic E-state index is 13.4. The first-order valence-electron chi connectivity index (χ1n) is 10.9. The van der Waals surface area contributed by atoms with Gasteiger partial charge in [0.15, 0.2) is 15.6 Å². The van der Waals surface area contributed by atoms with Gasteiger partial charge in [-0.25, -0.2) is 8.42 Å². The molecule has 0 unspecified atom stereocenters. The van der Waals surface area contributed by atoms with Gasteiger partial charge >= 0.3 is 0 Å². The lowest BCUT2D eigenvalue weighted by atomic mass is 9.92. The SMILES string of the molecule is Cc1cccc(C)c1Cn1nc(C(C)(C)C)cc1C(=O)CS(=O)(=O)c1cccc2cc[nH]c12. The molecule has 1 N–H and O–H groups in total. The smallest absolute Gasteiger partial charge is 0.196 e. The molecule has 4 rings (SSSR count). The molecule has 0 spiro atoms. The molecular formula is C26H29N3O3S. The first-order valence-corrected chi connectivity index (χ1v) is 12.6. The number of benzene rings is 2. The number of hydrogen-bond donors (Lipinski definition) is 1. The Morgan fingerprint density at radius 2 is 1.70 bits per heavy atom. The molecule has 2 aromatic carbocycles. The third-order valence-electron chi connectivity index (χ3n) is 5.99. The summed E-state index contributed by atoms with van der Waals surface area (Å²) < 4.78 is 28.1. The summed E-state index contributed by atoms with van der Waals surface area (Å²) in [5.41, 5.74) is 4.58. The fraction of sp³-hybridized carbons (Fsp3) is 0.308. The van der Waals surface area contributed by atoms with Crippen LogP contribution in [-0.2, 0) is 21.8 Å². The van der Waals surface area contributed by atoms with Gasteiger partial charge in [0.1, 0.15) is 11.4 Å². The Morgan fingerprint density at radius 1 is 1.03 bits per heavy atom. The van der Waals surface area contributed by atoms with E-state index in [4.69, 9.17) is 5.10 Å². The summed E-state index contributed by atoms with van der Waals surface area (Å²) in [6.07, 6.45) is 1.70. The highest BCUT2D eigenvalue weighted by Gasteiger charge is 2.28. The van der Waals surface area contributed by atoms with Gasteiger partial charge in [0.25, 0.3) is 0 Å². The number of nitrogens with zero attached hydrogens (tertiary/aromatic N) is 2. The van der Waals surface area contributed by atoms with Crippen LogP contribution in [0.1, 0.15) is 53.6 Å². The molecule has 2 aromatic heterocycles. The van der Waals surface area contributed by atoms with Crippen molar-refractivity contribution in [3.63, 3.8) is 0 Å². The molecule has 0 atom stereocenters. The van der Waals surface area contributed by atoms with E-state index in [9.17, 15) is 13.2 Å². The second-order valence-corrected chi connectivity index (χ2v) is 11.5. The highest BCUT2D eigenvalue weighted by molar-refractivity contribution is 7.92. The van der Waals surface area contributed by atoms with Crippen molar-refractivity contribution in [2.24, 2.45) is 0 Å². The summed E-state index contributed by atoms with van der Waals surface area (Å²) in [7, 11) is -3.86. The van der Waals surface area contributed by atoms with Crippen molar-refractivity contribution >= 4 is 26.5 Å². The Labute approximate surface area is 194 Å². The van der Waals surface area contributed by atoms with Gasteiger partial charge < -0.3 is 4.98 Å². The number of sulfone groups is 1. The molecule has 0 saturated heterocycles. The molecular weight excluding hydrogens is 434 g/mol. The van der Waals surface area contributed by atoms with Crippen molar-refractivity contribution in [2.45, 2.75) is 51.5 Å². The number of Topliss-reactive ketones (excluding diaryl/α,β-unsaturated/α-hetero) is 1. The average Bonchev–Trinajstić information content (AvgIpc) is 3.37. The summed E-state index contributed by atoms with van der Waals surface area (Å²) in [6.45, 7) is 10.5. The first kappa shape index (κ1) is 23.0. The summed E-state index contributed by atoms with van der Waals surface area (Å²) in [5.74, 6) is -1.08. The topological polar surface area (TPSA) is 84.8 Å². The molecule has 4 aromatic rings. The van der Waals surface area contributed by atoms with E-state index in [-0.39, 0.29) is 10.3 Å². The number of ketones is 1. The summed E-state index contributed by atoms with van der Waals surface area (Å²) in [5, 5.41) is 5.51.